The third-order valence-corrected chi connectivity index (χ3v) is 2.50. The Morgan fingerprint density at radius 1 is 1.00 bits per heavy atom. The molecule has 0 aliphatic rings. The molecule has 0 fully saturated rings. The predicted molar refractivity (Wildman–Crippen MR) is 58.5 cm³/mol. The summed E-state index contributed by atoms with van der Waals surface area (Å²) in [6.45, 7) is 0. The second-order valence-electron chi connectivity index (χ2n) is 3.65. The second-order valence-corrected chi connectivity index (χ2v) is 3.65. The summed E-state index contributed by atoms with van der Waals surface area (Å²) in [5.74, 6) is 0.151. The number of benzene rings is 2. The van der Waals surface area contributed by atoms with Crippen LogP contribution in [-0.2, 0) is 0 Å². The molecule has 2 rings (SSSR count). The van der Waals surface area contributed by atoms with Gasteiger partial charge in [0.25, 0.3) is 6.43 Å². The van der Waals surface area contributed by atoms with Crippen molar-refractivity contribution in [3.63, 3.8) is 0 Å². The summed E-state index contributed by atoms with van der Waals surface area (Å²) < 4.78 is 24.8. The highest BCUT2D eigenvalue weighted by Crippen LogP contribution is 2.25. The van der Waals surface area contributed by atoms with Crippen LogP contribution in [0.15, 0.2) is 36.4 Å². The van der Waals surface area contributed by atoms with Gasteiger partial charge in [-0.1, -0.05) is 18.2 Å². The summed E-state index contributed by atoms with van der Waals surface area (Å²) in [7, 11) is 0. The van der Waals surface area contributed by atoms with E-state index in [1.165, 1.54) is 6.07 Å². The molecule has 0 saturated carbocycles. The summed E-state index contributed by atoms with van der Waals surface area (Å²) >= 11 is 0. The van der Waals surface area contributed by atoms with E-state index in [4.69, 9.17) is 5.73 Å². The molecule has 2 aromatic carbocycles. The Bertz CT molecular complexity index is 513. The maximum absolute atomic E-state index is 12.4. The second kappa shape index (κ2) is 4.06. The standard InChI is InChI=1S/C12H11F2NO/c13-12(14)11(15)9-2-1-8-6-10(16)4-3-7(8)5-9/h1-6,11-12,16H,15H2/t11-/m1/s1. The van der Waals surface area contributed by atoms with Gasteiger partial charge in [-0.05, 0) is 34.5 Å². The third-order valence-electron chi connectivity index (χ3n) is 2.50. The van der Waals surface area contributed by atoms with Crippen LogP contribution in [0.1, 0.15) is 11.6 Å². The van der Waals surface area contributed by atoms with Crippen LogP contribution < -0.4 is 5.73 Å². The molecule has 84 valence electrons. The molecule has 0 amide bonds. The molecule has 0 aliphatic carbocycles. The average Bonchev–Trinajstić information content (AvgIpc) is 2.27. The Kier molecular flexibility index (Phi) is 2.75. The first kappa shape index (κ1) is 10.8. The normalized spacial score (nSPS) is 13.2. The van der Waals surface area contributed by atoms with Gasteiger partial charge in [-0.15, -0.1) is 0 Å². The van der Waals surface area contributed by atoms with Crippen LogP contribution in [0.3, 0.4) is 0 Å². The van der Waals surface area contributed by atoms with E-state index >= 15 is 0 Å². The van der Waals surface area contributed by atoms with E-state index in [9.17, 15) is 13.9 Å². The molecular formula is C12H11F2NO. The Morgan fingerprint density at radius 2 is 1.62 bits per heavy atom. The number of phenolic OH excluding ortho intramolecular Hbond substituents is 1. The molecule has 0 heterocycles. The molecular weight excluding hydrogens is 212 g/mol. The molecule has 1 atom stereocenters. The van der Waals surface area contributed by atoms with E-state index in [0.29, 0.717) is 5.56 Å². The number of hydrogen-bond donors (Lipinski definition) is 2. The van der Waals surface area contributed by atoms with Crippen molar-refractivity contribution in [1.82, 2.24) is 0 Å². The zero-order valence-electron chi connectivity index (χ0n) is 8.40. The first-order valence-electron chi connectivity index (χ1n) is 4.84. The van der Waals surface area contributed by atoms with Crippen molar-refractivity contribution >= 4 is 10.8 Å². The highest BCUT2D eigenvalue weighted by molar-refractivity contribution is 5.84. The molecule has 0 bridgehead atoms. The van der Waals surface area contributed by atoms with E-state index in [1.807, 2.05) is 0 Å². The van der Waals surface area contributed by atoms with Gasteiger partial charge in [-0.25, -0.2) is 8.78 Å². The molecule has 0 aliphatic heterocycles. The number of halogens is 2. The van der Waals surface area contributed by atoms with Gasteiger partial charge in [-0.3, -0.25) is 0 Å². The van der Waals surface area contributed by atoms with Gasteiger partial charge in [0.05, 0.1) is 6.04 Å². The minimum absolute atomic E-state index is 0.151. The fraction of sp³-hybridized carbons (Fsp3) is 0.167. The van der Waals surface area contributed by atoms with E-state index in [1.54, 1.807) is 30.3 Å². The molecule has 16 heavy (non-hydrogen) atoms. The van der Waals surface area contributed by atoms with Crippen LogP contribution in [0.4, 0.5) is 8.78 Å². The van der Waals surface area contributed by atoms with Crippen molar-refractivity contribution in [2.75, 3.05) is 0 Å². The number of rotatable bonds is 2. The van der Waals surface area contributed by atoms with E-state index in [2.05, 4.69) is 0 Å². The molecule has 0 spiro atoms. The van der Waals surface area contributed by atoms with Crippen molar-refractivity contribution in [3.8, 4) is 5.75 Å². The summed E-state index contributed by atoms with van der Waals surface area (Å²) in [5.41, 5.74) is 5.76. The Balaban J connectivity index is 2.48. The number of aromatic hydroxyl groups is 1. The van der Waals surface area contributed by atoms with Crippen LogP contribution in [-0.4, -0.2) is 11.5 Å². The summed E-state index contributed by atoms with van der Waals surface area (Å²) in [4.78, 5) is 0. The predicted octanol–water partition coefficient (Wildman–Crippen LogP) is 2.81. The average molecular weight is 223 g/mol. The highest BCUT2D eigenvalue weighted by Gasteiger charge is 2.17. The van der Waals surface area contributed by atoms with Gasteiger partial charge in [0.1, 0.15) is 5.75 Å². The quantitative estimate of drug-likeness (QED) is 0.822. The van der Waals surface area contributed by atoms with Gasteiger partial charge in [-0.2, -0.15) is 0 Å². The van der Waals surface area contributed by atoms with Crippen molar-refractivity contribution in [3.05, 3.63) is 42.0 Å². The number of fused-ring (bicyclic) bond motifs is 1. The van der Waals surface area contributed by atoms with E-state index in [0.717, 1.165) is 10.8 Å². The fourth-order valence-electron chi connectivity index (χ4n) is 1.60. The number of nitrogens with two attached hydrogens (primary N) is 1. The minimum Gasteiger partial charge on any atom is -0.508 e. The Hall–Kier alpha value is -1.68. The monoisotopic (exact) mass is 223 g/mol. The van der Waals surface area contributed by atoms with Crippen LogP contribution in [0, 0.1) is 0 Å². The Labute approximate surface area is 91.3 Å². The zero-order chi connectivity index (χ0) is 11.7. The van der Waals surface area contributed by atoms with E-state index in [-0.39, 0.29) is 5.75 Å². The molecule has 0 unspecified atom stereocenters. The van der Waals surface area contributed by atoms with Gasteiger partial charge in [0.2, 0.25) is 0 Å². The van der Waals surface area contributed by atoms with Crippen LogP contribution in [0.2, 0.25) is 0 Å². The SMILES string of the molecule is N[C@H](c1ccc2cc(O)ccc2c1)C(F)F. The maximum Gasteiger partial charge on any atom is 0.257 e. The fourth-order valence-corrected chi connectivity index (χ4v) is 1.60. The first-order chi connectivity index (χ1) is 7.58. The molecule has 0 saturated heterocycles. The maximum atomic E-state index is 12.4. The third kappa shape index (κ3) is 1.97. The number of hydrogen-bond acceptors (Lipinski definition) is 2. The summed E-state index contributed by atoms with van der Waals surface area (Å²) in [5, 5.41) is 10.8. The van der Waals surface area contributed by atoms with Gasteiger partial charge < -0.3 is 10.8 Å². The van der Waals surface area contributed by atoms with Crippen molar-refractivity contribution in [2.45, 2.75) is 12.5 Å². The minimum atomic E-state index is -2.57. The van der Waals surface area contributed by atoms with Crippen molar-refractivity contribution < 1.29 is 13.9 Å². The Morgan fingerprint density at radius 3 is 2.31 bits per heavy atom. The lowest BCUT2D eigenvalue weighted by atomic mass is 10.0. The molecule has 4 heteroatoms. The van der Waals surface area contributed by atoms with Crippen molar-refractivity contribution in [1.29, 1.82) is 0 Å². The van der Waals surface area contributed by atoms with Gasteiger partial charge in [0.15, 0.2) is 0 Å². The van der Waals surface area contributed by atoms with Crippen LogP contribution >= 0.6 is 0 Å². The molecule has 2 aromatic rings. The largest absolute Gasteiger partial charge is 0.508 e. The lowest BCUT2D eigenvalue weighted by molar-refractivity contribution is 0.116. The first-order valence-corrected chi connectivity index (χ1v) is 4.84. The molecule has 0 aromatic heterocycles. The van der Waals surface area contributed by atoms with Crippen LogP contribution in [0.25, 0.3) is 10.8 Å². The molecule has 0 radical (unpaired) electrons. The lowest BCUT2D eigenvalue weighted by Gasteiger charge is -2.11. The van der Waals surface area contributed by atoms with E-state index < -0.39 is 12.5 Å². The molecule has 2 nitrogen and oxygen atoms in total. The lowest BCUT2D eigenvalue weighted by Crippen LogP contribution is -2.18. The van der Waals surface area contributed by atoms with Crippen LogP contribution in [0.5, 0.6) is 5.75 Å². The topological polar surface area (TPSA) is 46.2 Å². The zero-order valence-corrected chi connectivity index (χ0v) is 8.40. The number of alkyl halides is 2. The summed E-state index contributed by atoms with van der Waals surface area (Å²) in [6, 6.07) is 8.34. The highest BCUT2D eigenvalue weighted by atomic mass is 19.3. The van der Waals surface area contributed by atoms with Gasteiger partial charge >= 0.3 is 0 Å². The number of phenols is 1. The molecule has 3 N–H and O–H groups in total. The van der Waals surface area contributed by atoms with Crippen molar-refractivity contribution in [2.24, 2.45) is 5.73 Å². The smallest absolute Gasteiger partial charge is 0.257 e. The van der Waals surface area contributed by atoms with Gasteiger partial charge in [0, 0.05) is 0 Å². The summed E-state index contributed by atoms with van der Waals surface area (Å²) in [6.07, 6.45) is -2.57.